The lowest BCUT2D eigenvalue weighted by atomic mass is 10.1. The van der Waals surface area contributed by atoms with Crippen LogP contribution in [0.2, 0.25) is 0 Å². The predicted octanol–water partition coefficient (Wildman–Crippen LogP) is 2.96. The van der Waals surface area contributed by atoms with Crippen molar-refractivity contribution in [1.29, 1.82) is 0 Å². The Balaban J connectivity index is 2.00. The van der Waals surface area contributed by atoms with E-state index in [1.165, 1.54) is 0 Å². The second-order valence-corrected chi connectivity index (χ2v) is 5.79. The van der Waals surface area contributed by atoms with E-state index in [0.29, 0.717) is 12.2 Å². The molecule has 0 aliphatic carbocycles. The molecule has 0 bridgehead atoms. The number of aryl methyl sites for hydroxylation is 1. The van der Waals surface area contributed by atoms with Crippen molar-refractivity contribution in [3.05, 3.63) is 59.7 Å². The summed E-state index contributed by atoms with van der Waals surface area (Å²) in [7, 11) is 2.00. The van der Waals surface area contributed by atoms with Crippen molar-refractivity contribution in [1.82, 2.24) is 5.32 Å². The number of carbonyl (C=O) groups excluding carboxylic acids is 2. The molecule has 0 heterocycles. The molecule has 2 aromatic carbocycles. The summed E-state index contributed by atoms with van der Waals surface area (Å²) in [6.45, 7) is 5.24. The highest BCUT2D eigenvalue weighted by Gasteiger charge is 2.15. The van der Waals surface area contributed by atoms with E-state index in [4.69, 9.17) is 0 Å². The summed E-state index contributed by atoms with van der Waals surface area (Å²) in [5.41, 5.74) is 3.69. The molecule has 2 rings (SSSR count). The molecule has 0 saturated heterocycles. The van der Waals surface area contributed by atoms with Crippen LogP contribution >= 0.6 is 0 Å². The molecule has 5 nitrogen and oxygen atoms in total. The van der Waals surface area contributed by atoms with Crippen LogP contribution < -0.4 is 15.5 Å². The summed E-state index contributed by atoms with van der Waals surface area (Å²) in [4.78, 5) is 26.4. The molecule has 2 amide bonds. The van der Waals surface area contributed by atoms with Gasteiger partial charge in [-0.15, -0.1) is 0 Å². The van der Waals surface area contributed by atoms with Crippen LogP contribution in [0, 0.1) is 0 Å². The predicted molar refractivity (Wildman–Crippen MR) is 102 cm³/mol. The van der Waals surface area contributed by atoms with Crippen molar-refractivity contribution in [3.63, 3.8) is 0 Å². The van der Waals surface area contributed by atoms with Crippen LogP contribution in [-0.2, 0) is 22.6 Å². The lowest BCUT2D eigenvalue weighted by molar-refractivity contribution is -0.136. The minimum atomic E-state index is -0.651. The SMILES string of the molecule is CCc1ccccc1NC(=O)C(=O)NCc1ccccc1N(C)CC. The van der Waals surface area contributed by atoms with E-state index in [1.54, 1.807) is 6.07 Å². The average Bonchev–Trinajstić information content (AvgIpc) is 2.66. The molecule has 25 heavy (non-hydrogen) atoms. The number of nitrogens with zero attached hydrogens (tertiary/aromatic N) is 1. The van der Waals surface area contributed by atoms with Gasteiger partial charge in [0.05, 0.1) is 0 Å². The van der Waals surface area contributed by atoms with E-state index in [0.717, 1.165) is 29.8 Å². The minimum Gasteiger partial charge on any atom is -0.375 e. The van der Waals surface area contributed by atoms with Crippen LogP contribution in [0.5, 0.6) is 0 Å². The summed E-state index contributed by atoms with van der Waals surface area (Å²) in [6.07, 6.45) is 0.787. The Morgan fingerprint density at radius 3 is 2.24 bits per heavy atom. The van der Waals surface area contributed by atoms with Crippen LogP contribution in [0.3, 0.4) is 0 Å². The van der Waals surface area contributed by atoms with E-state index >= 15 is 0 Å². The van der Waals surface area contributed by atoms with E-state index < -0.39 is 11.8 Å². The first-order chi connectivity index (χ1) is 12.1. The van der Waals surface area contributed by atoms with Crippen molar-refractivity contribution in [3.8, 4) is 0 Å². The van der Waals surface area contributed by atoms with Gasteiger partial charge in [-0.3, -0.25) is 9.59 Å². The molecule has 0 radical (unpaired) electrons. The van der Waals surface area contributed by atoms with Crippen LogP contribution in [0.1, 0.15) is 25.0 Å². The van der Waals surface area contributed by atoms with Crippen molar-refractivity contribution in [2.75, 3.05) is 23.8 Å². The number of hydrogen-bond donors (Lipinski definition) is 2. The van der Waals surface area contributed by atoms with Crippen molar-refractivity contribution >= 4 is 23.2 Å². The minimum absolute atomic E-state index is 0.308. The third kappa shape index (κ3) is 4.83. The fourth-order valence-corrected chi connectivity index (χ4v) is 2.59. The Morgan fingerprint density at radius 1 is 0.920 bits per heavy atom. The van der Waals surface area contributed by atoms with Gasteiger partial charge < -0.3 is 15.5 Å². The Kier molecular flexibility index (Phi) is 6.57. The summed E-state index contributed by atoms with van der Waals surface area (Å²) >= 11 is 0. The van der Waals surface area contributed by atoms with Gasteiger partial charge in [0.25, 0.3) is 0 Å². The molecule has 2 N–H and O–H groups in total. The molecule has 0 saturated carbocycles. The largest absolute Gasteiger partial charge is 0.375 e. The molecule has 0 aliphatic heterocycles. The van der Waals surface area contributed by atoms with Crippen molar-refractivity contribution < 1.29 is 9.59 Å². The fourth-order valence-electron chi connectivity index (χ4n) is 2.59. The molecular weight excluding hydrogens is 314 g/mol. The highest BCUT2D eigenvalue weighted by atomic mass is 16.2. The van der Waals surface area contributed by atoms with Crippen LogP contribution in [0.25, 0.3) is 0 Å². The van der Waals surface area contributed by atoms with Gasteiger partial charge >= 0.3 is 11.8 Å². The van der Waals surface area contributed by atoms with Gasteiger partial charge in [0.2, 0.25) is 0 Å². The number of amides is 2. The maximum Gasteiger partial charge on any atom is 0.313 e. The first kappa shape index (κ1) is 18.5. The molecule has 0 aromatic heterocycles. The van der Waals surface area contributed by atoms with Gasteiger partial charge in [-0.1, -0.05) is 43.3 Å². The summed E-state index contributed by atoms with van der Waals surface area (Å²) in [5.74, 6) is -1.29. The van der Waals surface area contributed by atoms with Gasteiger partial charge in [-0.05, 0) is 36.6 Å². The molecule has 2 aromatic rings. The molecule has 0 fully saturated rings. The molecule has 0 spiro atoms. The summed E-state index contributed by atoms with van der Waals surface area (Å²) < 4.78 is 0. The van der Waals surface area contributed by atoms with E-state index in [1.807, 2.05) is 56.4 Å². The van der Waals surface area contributed by atoms with Gasteiger partial charge in [-0.2, -0.15) is 0 Å². The van der Waals surface area contributed by atoms with Gasteiger partial charge in [0, 0.05) is 31.5 Å². The van der Waals surface area contributed by atoms with Crippen molar-refractivity contribution in [2.24, 2.45) is 0 Å². The smallest absolute Gasteiger partial charge is 0.313 e. The van der Waals surface area contributed by atoms with E-state index in [2.05, 4.69) is 22.5 Å². The zero-order chi connectivity index (χ0) is 18.2. The summed E-state index contributed by atoms with van der Waals surface area (Å²) in [5, 5.41) is 5.38. The van der Waals surface area contributed by atoms with Crippen LogP contribution in [-0.4, -0.2) is 25.4 Å². The van der Waals surface area contributed by atoms with Crippen molar-refractivity contribution in [2.45, 2.75) is 26.8 Å². The highest BCUT2D eigenvalue weighted by molar-refractivity contribution is 6.39. The first-order valence-electron chi connectivity index (χ1n) is 8.52. The molecule has 5 heteroatoms. The quantitative estimate of drug-likeness (QED) is 0.796. The van der Waals surface area contributed by atoms with Gasteiger partial charge in [0.1, 0.15) is 0 Å². The number of para-hydroxylation sites is 2. The zero-order valence-electron chi connectivity index (χ0n) is 15.0. The highest BCUT2D eigenvalue weighted by Crippen LogP contribution is 2.19. The molecule has 132 valence electrons. The first-order valence-corrected chi connectivity index (χ1v) is 8.52. The van der Waals surface area contributed by atoms with Gasteiger partial charge in [0.15, 0.2) is 0 Å². The third-order valence-electron chi connectivity index (χ3n) is 4.17. The fraction of sp³-hybridized carbons (Fsp3) is 0.300. The molecule has 0 aliphatic rings. The maximum atomic E-state index is 12.1. The maximum absolute atomic E-state index is 12.1. The Bertz CT molecular complexity index is 743. The Labute approximate surface area is 149 Å². The number of hydrogen-bond acceptors (Lipinski definition) is 3. The second kappa shape index (κ2) is 8.87. The van der Waals surface area contributed by atoms with E-state index in [9.17, 15) is 9.59 Å². The monoisotopic (exact) mass is 339 g/mol. The van der Waals surface area contributed by atoms with Gasteiger partial charge in [-0.25, -0.2) is 0 Å². The normalized spacial score (nSPS) is 10.2. The number of nitrogens with one attached hydrogen (secondary N) is 2. The molecule has 0 unspecified atom stereocenters. The standard InChI is InChI=1S/C20H25N3O2/c1-4-15-10-6-8-12-17(15)22-20(25)19(24)21-14-16-11-7-9-13-18(16)23(3)5-2/h6-13H,4-5,14H2,1-3H3,(H,21,24)(H,22,25). The van der Waals surface area contributed by atoms with Crippen LogP contribution in [0.4, 0.5) is 11.4 Å². The topological polar surface area (TPSA) is 61.4 Å². The lowest BCUT2D eigenvalue weighted by Crippen LogP contribution is -2.35. The van der Waals surface area contributed by atoms with E-state index in [-0.39, 0.29) is 0 Å². The Hall–Kier alpha value is -2.82. The molecule has 0 atom stereocenters. The third-order valence-corrected chi connectivity index (χ3v) is 4.17. The Morgan fingerprint density at radius 2 is 1.56 bits per heavy atom. The number of rotatable bonds is 6. The summed E-state index contributed by atoms with van der Waals surface area (Å²) in [6, 6.07) is 15.3. The second-order valence-electron chi connectivity index (χ2n) is 5.79. The van der Waals surface area contributed by atoms with Crippen LogP contribution in [0.15, 0.2) is 48.5 Å². The number of anilines is 2. The zero-order valence-corrected chi connectivity index (χ0v) is 15.0. The average molecular weight is 339 g/mol. The lowest BCUT2D eigenvalue weighted by Gasteiger charge is -2.20. The number of carbonyl (C=O) groups is 2. The number of benzene rings is 2. The molecular formula is C20H25N3O2.